The van der Waals surface area contributed by atoms with Crippen molar-refractivity contribution in [3.05, 3.63) is 58.6 Å². The Morgan fingerprint density at radius 1 is 1.11 bits per heavy atom. The molecule has 2 aliphatic rings. The van der Waals surface area contributed by atoms with E-state index in [2.05, 4.69) is 0 Å². The summed E-state index contributed by atoms with van der Waals surface area (Å²) in [5.74, 6) is -1.22. The van der Waals surface area contributed by atoms with E-state index in [9.17, 15) is 19.5 Å². The maximum Gasteiger partial charge on any atom is 0.306 e. The number of anilines is 1. The molecule has 38 heavy (non-hydrogen) atoms. The van der Waals surface area contributed by atoms with Gasteiger partial charge in [-0.05, 0) is 42.5 Å². The fraction of sp³-hybridized carbons (Fsp3) is 0.483. The van der Waals surface area contributed by atoms with E-state index >= 15 is 0 Å². The highest BCUT2D eigenvalue weighted by Crippen LogP contribution is 2.43. The Kier molecular flexibility index (Phi) is 8.33. The molecule has 1 N–H and O–H groups in total. The summed E-state index contributed by atoms with van der Waals surface area (Å²) in [7, 11) is 1.58. The second-order valence-electron chi connectivity index (χ2n) is 11.1. The Bertz CT molecular complexity index is 1200. The summed E-state index contributed by atoms with van der Waals surface area (Å²) in [6.45, 7) is 7.24. The van der Waals surface area contributed by atoms with E-state index in [-0.39, 0.29) is 23.7 Å². The monoisotopic (exact) mass is 542 g/mol. The van der Waals surface area contributed by atoms with E-state index in [4.69, 9.17) is 21.1 Å². The van der Waals surface area contributed by atoms with Crippen molar-refractivity contribution >= 4 is 35.1 Å². The van der Waals surface area contributed by atoms with Gasteiger partial charge in [-0.1, -0.05) is 50.6 Å². The van der Waals surface area contributed by atoms with Crippen LogP contribution in [0.4, 0.5) is 5.69 Å². The number of carboxylic acids is 1. The largest absolute Gasteiger partial charge is 0.496 e. The molecule has 0 bridgehead atoms. The van der Waals surface area contributed by atoms with Gasteiger partial charge in [-0.2, -0.15) is 0 Å². The van der Waals surface area contributed by atoms with Gasteiger partial charge in [0.2, 0.25) is 5.91 Å². The number of carbonyl (C=O) groups is 3. The minimum absolute atomic E-state index is 0.148. The average molecular weight is 543 g/mol. The zero-order valence-electron chi connectivity index (χ0n) is 22.3. The number of carboxylic acid groups (broad SMARTS) is 1. The number of fused-ring (bicyclic) bond motifs is 1. The van der Waals surface area contributed by atoms with Gasteiger partial charge >= 0.3 is 5.97 Å². The molecule has 4 rings (SSSR count). The van der Waals surface area contributed by atoms with Gasteiger partial charge < -0.3 is 24.4 Å². The van der Waals surface area contributed by atoms with Crippen molar-refractivity contribution in [1.82, 2.24) is 4.90 Å². The zero-order chi connectivity index (χ0) is 27.6. The number of aliphatic carboxylic acids is 1. The molecule has 2 heterocycles. The standard InChI is InChI=1S/C29H35ClN2O6/c1-29(2,3)17-32-22-10-9-19(30)15-21(22)26(20-7-5-6-8-23(20)37-4)38-24(27(32)34)16-25(33)31-13-11-18(12-14-31)28(35)36/h5-10,15,18,24,26H,11-14,16-17H2,1-4H3,(H,35,36)/t24-,26-/m0/s1. The van der Waals surface area contributed by atoms with Crippen molar-refractivity contribution in [2.75, 3.05) is 31.6 Å². The van der Waals surface area contributed by atoms with Gasteiger partial charge in [-0.15, -0.1) is 0 Å². The quantitative estimate of drug-likeness (QED) is 0.556. The van der Waals surface area contributed by atoms with Crippen LogP contribution >= 0.6 is 11.6 Å². The van der Waals surface area contributed by atoms with Crippen LogP contribution in [0.2, 0.25) is 5.02 Å². The Morgan fingerprint density at radius 3 is 2.42 bits per heavy atom. The number of hydrogen-bond acceptors (Lipinski definition) is 5. The predicted molar refractivity (Wildman–Crippen MR) is 145 cm³/mol. The average Bonchev–Trinajstić information content (AvgIpc) is 2.98. The maximum atomic E-state index is 14.1. The zero-order valence-corrected chi connectivity index (χ0v) is 23.0. The lowest BCUT2D eigenvalue weighted by Gasteiger charge is -2.33. The molecule has 0 radical (unpaired) electrons. The van der Waals surface area contributed by atoms with Gasteiger partial charge in [0.1, 0.15) is 18.0 Å². The molecule has 9 heteroatoms. The van der Waals surface area contributed by atoms with Crippen LogP contribution in [0.15, 0.2) is 42.5 Å². The minimum atomic E-state index is -1.05. The van der Waals surface area contributed by atoms with Gasteiger partial charge in [-0.25, -0.2) is 0 Å². The third-order valence-corrected chi connectivity index (χ3v) is 7.25. The summed E-state index contributed by atoms with van der Waals surface area (Å²) >= 11 is 6.44. The second kappa shape index (κ2) is 11.3. The lowest BCUT2D eigenvalue weighted by molar-refractivity contribution is -0.148. The number of carbonyl (C=O) groups excluding carboxylic acids is 2. The number of nitrogens with zero attached hydrogens (tertiary/aromatic N) is 2. The maximum absolute atomic E-state index is 14.1. The smallest absolute Gasteiger partial charge is 0.306 e. The van der Waals surface area contributed by atoms with Crippen molar-refractivity contribution in [2.24, 2.45) is 11.3 Å². The van der Waals surface area contributed by atoms with E-state index in [1.807, 2.05) is 51.1 Å². The molecule has 2 aliphatic heterocycles. The van der Waals surface area contributed by atoms with Crippen LogP contribution in [-0.2, 0) is 19.1 Å². The summed E-state index contributed by atoms with van der Waals surface area (Å²) in [6.07, 6.45) is -1.12. The topological polar surface area (TPSA) is 96.4 Å². The first-order valence-electron chi connectivity index (χ1n) is 12.9. The van der Waals surface area contributed by atoms with Gasteiger partial charge in [0, 0.05) is 41.5 Å². The fourth-order valence-electron chi connectivity index (χ4n) is 5.13. The summed E-state index contributed by atoms with van der Waals surface area (Å²) in [6, 6.07) is 12.8. The summed E-state index contributed by atoms with van der Waals surface area (Å²) < 4.78 is 12.2. The molecule has 0 unspecified atom stereocenters. The molecule has 2 aromatic rings. The number of rotatable bonds is 6. The van der Waals surface area contributed by atoms with Gasteiger partial charge in [-0.3, -0.25) is 14.4 Å². The highest BCUT2D eigenvalue weighted by Gasteiger charge is 2.40. The third kappa shape index (κ3) is 6.13. The first-order valence-corrected chi connectivity index (χ1v) is 13.3. The Balaban J connectivity index is 1.73. The number of methoxy groups -OCH3 is 1. The molecule has 1 fully saturated rings. The van der Waals surface area contributed by atoms with Crippen molar-refractivity contribution in [2.45, 2.75) is 52.2 Å². The third-order valence-electron chi connectivity index (χ3n) is 7.02. The number of hydrogen-bond donors (Lipinski definition) is 1. The first kappa shape index (κ1) is 27.9. The molecule has 0 aliphatic carbocycles. The first-order chi connectivity index (χ1) is 18.0. The van der Waals surface area contributed by atoms with Gasteiger partial charge in [0.25, 0.3) is 5.91 Å². The number of halogens is 1. The second-order valence-corrected chi connectivity index (χ2v) is 11.6. The lowest BCUT2D eigenvalue weighted by atomic mass is 9.94. The number of benzene rings is 2. The van der Waals surface area contributed by atoms with Crippen LogP contribution in [0.1, 0.15) is 57.3 Å². The number of amides is 2. The summed E-state index contributed by atoms with van der Waals surface area (Å²) in [5, 5.41) is 9.81. The van der Waals surface area contributed by atoms with E-state index < -0.39 is 24.1 Å². The van der Waals surface area contributed by atoms with Crippen LogP contribution in [0, 0.1) is 11.3 Å². The van der Waals surface area contributed by atoms with Crippen molar-refractivity contribution < 1.29 is 29.0 Å². The van der Waals surface area contributed by atoms with E-state index in [1.54, 1.807) is 29.0 Å². The minimum Gasteiger partial charge on any atom is -0.496 e. The summed E-state index contributed by atoms with van der Waals surface area (Å²) in [5.41, 5.74) is 1.90. The fourth-order valence-corrected chi connectivity index (χ4v) is 5.31. The molecular formula is C29H35ClN2O6. The molecule has 0 saturated carbocycles. The normalized spacial score (nSPS) is 20.6. The van der Waals surface area contributed by atoms with E-state index in [0.29, 0.717) is 48.9 Å². The molecule has 0 spiro atoms. The predicted octanol–water partition coefficient (Wildman–Crippen LogP) is 4.93. The highest BCUT2D eigenvalue weighted by molar-refractivity contribution is 6.30. The number of para-hydroxylation sites is 1. The molecule has 2 aromatic carbocycles. The van der Waals surface area contributed by atoms with Crippen molar-refractivity contribution in [3.63, 3.8) is 0 Å². The molecule has 8 nitrogen and oxygen atoms in total. The molecule has 0 aromatic heterocycles. The Morgan fingerprint density at radius 2 is 1.79 bits per heavy atom. The van der Waals surface area contributed by atoms with Crippen LogP contribution < -0.4 is 9.64 Å². The molecule has 2 atom stereocenters. The number of ether oxygens (including phenoxy) is 2. The molecule has 2 amide bonds. The van der Waals surface area contributed by atoms with E-state index in [0.717, 1.165) is 11.1 Å². The molecule has 204 valence electrons. The SMILES string of the molecule is COc1ccccc1[C@@H]1O[C@@H](CC(=O)N2CCC(C(=O)O)CC2)C(=O)N(CC(C)(C)C)c2ccc(Cl)cc21. The highest BCUT2D eigenvalue weighted by atomic mass is 35.5. The molecular weight excluding hydrogens is 508 g/mol. The van der Waals surface area contributed by atoms with Crippen LogP contribution in [0.3, 0.4) is 0 Å². The number of piperidine rings is 1. The lowest BCUT2D eigenvalue weighted by Crippen LogP contribution is -2.47. The Hall–Kier alpha value is -3.10. The summed E-state index contributed by atoms with van der Waals surface area (Å²) in [4.78, 5) is 42.1. The van der Waals surface area contributed by atoms with Gasteiger partial charge in [0.15, 0.2) is 0 Å². The van der Waals surface area contributed by atoms with E-state index in [1.165, 1.54) is 0 Å². The van der Waals surface area contributed by atoms with Crippen LogP contribution in [0.25, 0.3) is 0 Å². The van der Waals surface area contributed by atoms with Crippen molar-refractivity contribution in [1.29, 1.82) is 0 Å². The molecule has 1 saturated heterocycles. The van der Waals surface area contributed by atoms with Crippen molar-refractivity contribution in [3.8, 4) is 5.75 Å². The van der Waals surface area contributed by atoms with Crippen LogP contribution in [0.5, 0.6) is 5.75 Å². The van der Waals surface area contributed by atoms with Crippen LogP contribution in [-0.4, -0.2) is 60.6 Å². The van der Waals surface area contributed by atoms with Gasteiger partial charge in [0.05, 0.1) is 19.4 Å². The number of likely N-dealkylation sites (tertiary alicyclic amines) is 1. The Labute approximate surface area is 228 Å².